The van der Waals surface area contributed by atoms with Crippen LogP contribution < -0.4 is 10.6 Å². The van der Waals surface area contributed by atoms with Crippen molar-refractivity contribution in [2.24, 2.45) is 5.92 Å². The van der Waals surface area contributed by atoms with Crippen LogP contribution in [0, 0.1) is 5.92 Å². The molecule has 1 aliphatic rings. The highest BCUT2D eigenvalue weighted by Gasteiger charge is 2.23. The Morgan fingerprint density at radius 2 is 2.17 bits per heavy atom. The lowest BCUT2D eigenvalue weighted by Gasteiger charge is -2.22. The molecule has 0 unspecified atom stereocenters. The first-order chi connectivity index (χ1) is 10.9. The number of rotatable bonds is 4. The van der Waals surface area contributed by atoms with Crippen LogP contribution in [0.25, 0.3) is 0 Å². The van der Waals surface area contributed by atoms with Crippen molar-refractivity contribution < 1.29 is 14.4 Å². The number of amides is 3. The second-order valence-electron chi connectivity index (χ2n) is 5.92. The van der Waals surface area contributed by atoms with Gasteiger partial charge in [-0.05, 0) is 18.9 Å². The molecule has 0 saturated heterocycles. The van der Waals surface area contributed by atoms with Crippen molar-refractivity contribution in [3.05, 3.63) is 23.5 Å². The van der Waals surface area contributed by atoms with Crippen molar-refractivity contribution in [2.45, 2.75) is 27.2 Å². The summed E-state index contributed by atoms with van der Waals surface area (Å²) in [5.74, 6) is -1.23. The van der Waals surface area contributed by atoms with Gasteiger partial charge in [0.1, 0.15) is 0 Å². The predicted octanol–water partition coefficient (Wildman–Crippen LogP) is 0.810. The van der Waals surface area contributed by atoms with Gasteiger partial charge in [0, 0.05) is 26.1 Å². The number of nitrogens with zero attached hydrogens (tertiary/aromatic N) is 2. The Kier molecular flexibility index (Phi) is 5.31. The summed E-state index contributed by atoms with van der Waals surface area (Å²) in [5, 5.41) is 5.25. The molecule has 0 bridgehead atoms. The molecule has 7 nitrogen and oxygen atoms in total. The Labute approximate surface area is 135 Å². The molecule has 3 amide bonds. The first-order valence-corrected chi connectivity index (χ1v) is 7.79. The maximum Gasteiger partial charge on any atom is 0.313 e. The van der Waals surface area contributed by atoms with Crippen LogP contribution in [0.1, 0.15) is 36.8 Å². The zero-order valence-electron chi connectivity index (χ0n) is 13.7. The largest absolute Gasteiger partial charge is 0.352 e. The van der Waals surface area contributed by atoms with Crippen molar-refractivity contribution in [1.29, 1.82) is 0 Å². The summed E-state index contributed by atoms with van der Waals surface area (Å²) >= 11 is 0. The number of likely N-dealkylation sites (N-methyl/N-ethyl adjacent to an activating group) is 1. The van der Waals surface area contributed by atoms with E-state index in [0.29, 0.717) is 43.0 Å². The standard InChI is InChI=1S/C16H22N4O3/c1-4-20(9-10(2)3)16(23)15(22)19-11-7-12-13(18-8-11)5-6-17-14(12)21/h7-8,10H,4-6,9H2,1-3H3,(H,17,21)(H,19,22). The number of carbonyl (C=O) groups is 3. The van der Waals surface area contributed by atoms with E-state index in [4.69, 9.17) is 0 Å². The fourth-order valence-corrected chi connectivity index (χ4v) is 2.47. The summed E-state index contributed by atoms with van der Waals surface area (Å²) in [4.78, 5) is 41.8. The minimum Gasteiger partial charge on any atom is -0.352 e. The molecule has 0 fully saturated rings. The molecule has 1 aromatic heterocycles. The van der Waals surface area contributed by atoms with Crippen molar-refractivity contribution >= 4 is 23.4 Å². The Bertz CT molecular complexity index is 628. The number of hydrogen-bond donors (Lipinski definition) is 2. The molecule has 2 N–H and O–H groups in total. The second-order valence-corrected chi connectivity index (χ2v) is 5.92. The molecule has 2 heterocycles. The van der Waals surface area contributed by atoms with Crippen LogP contribution in [0.5, 0.6) is 0 Å². The van der Waals surface area contributed by atoms with E-state index in [1.54, 1.807) is 6.07 Å². The third-order valence-corrected chi connectivity index (χ3v) is 3.57. The minimum atomic E-state index is -0.717. The van der Waals surface area contributed by atoms with Gasteiger partial charge in [-0.2, -0.15) is 0 Å². The second kappa shape index (κ2) is 7.21. The zero-order chi connectivity index (χ0) is 17.0. The van der Waals surface area contributed by atoms with Crippen LogP contribution in [0.15, 0.2) is 12.3 Å². The molecule has 23 heavy (non-hydrogen) atoms. The van der Waals surface area contributed by atoms with Gasteiger partial charge in [0.25, 0.3) is 5.91 Å². The monoisotopic (exact) mass is 318 g/mol. The molecule has 0 aromatic carbocycles. The Balaban J connectivity index is 2.09. The highest BCUT2D eigenvalue weighted by atomic mass is 16.2. The van der Waals surface area contributed by atoms with Crippen LogP contribution in [-0.2, 0) is 16.0 Å². The third kappa shape index (κ3) is 4.06. The highest BCUT2D eigenvalue weighted by Crippen LogP contribution is 2.16. The number of aromatic nitrogens is 1. The van der Waals surface area contributed by atoms with Crippen LogP contribution in [0.3, 0.4) is 0 Å². The molecule has 2 rings (SSSR count). The molecule has 1 aliphatic heterocycles. The Hall–Kier alpha value is -2.44. The summed E-state index contributed by atoms with van der Waals surface area (Å²) in [6, 6.07) is 1.56. The number of anilines is 1. The summed E-state index contributed by atoms with van der Waals surface area (Å²) in [6.45, 7) is 7.35. The maximum absolute atomic E-state index is 12.2. The molecular formula is C16H22N4O3. The van der Waals surface area contributed by atoms with E-state index >= 15 is 0 Å². The Morgan fingerprint density at radius 3 is 2.83 bits per heavy atom. The fourth-order valence-electron chi connectivity index (χ4n) is 2.47. The van der Waals surface area contributed by atoms with Gasteiger partial charge in [0.2, 0.25) is 0 Å². The van der Waals surface area contributed by atoms with E-state index in [-0.39, 0.29) is 11.8 Å². The van der Waals surface area contributed by atoms with Crippen LogP contribution in [0.4, 0.5) is 5.69 Å². The van der Waals surface area contributed by atoms with Crippen LogP contribution in [-0.4, -0.2) is 47.2 Å². The van der Waals surface area contributed by atoms with E-state index in [1.165, 1.54) is 11.1 Å². The number of fused-ring (bicyclic) bond motifs is 1. The Morgan fingerprint density at radius 1 is 1.43 bits per heavy atom. The molecule has 0 saturated carbocycles. The van der Waals surface area contributed by atoms with Crippen molar-refractivity contribution in [1.82, 2.24) is 15.2 Å². The summed E-state index contributed by atoms with van der Waals surface area (Å²) < 4.78 is 0. The molecule has 0 radical (unpaired) electrons. The van der Waals surface area contributed by atoms with E-state index < -0.39 is 11.8 Å². The fraction of sp³-hybridized carbons (Fsp3) is 0.500. The smallest absolute Gasteiger partial charge is 0.313 e. The van der Waals surface area contributed by atoms with Gasteiger partial charge in [-0.3, -0.25) is 19.4 Å². The van der Waals surface area contributed by atoms with Crippen LogP contribution >= 0.6 is 0 Å². The average Bonchev–Trinajstić information content (AvgIpc) is 2.52. The topological polar surface area (TPSA) is 91.4 Å². The van der Waals surface area contributed by atoms with Crippen molar-refractivity contribution in [3.63, 3.8) is 0 Å². The quantitative estimate of drug-likeness (QED) is 0.804. The third-order valence-electron chi connectivity index (χ3n) is 3.57. The summed E-state index contributed by atoms with van der Waals surface area (Å²) in [5.41, 5.74) is 1.49. The number of nitrogens with one attached hydrogen (secondary N) is 2. The van der Waals surface area contributed by atoms with E-state index in [9.17, 15) is 14.4 Å². The van der Waals surface area contributed by atoms with Gasteiger partial charge in [-0.1, -0.05) is 13.8 Å². The number of hydrogen-bond acceptors (Lipinski definition) is 4. The average molecular weight is 318 g/mol. The summed E-state index contributed by atoms with van der Waals surface area (Å²) in [6.07, 6.45) is 2.13. The lowest BCUT2D eigenvalue weighted by atomic mass is 10.1. The van der Waals surface area contributed by atoms with Gasteiger partial charge in [0.05, 0.1) is 23.1 Å². The van der Waals surface area contributed by atoms with Gasteiger partial charge in [0.15, 0.2) is 0 Å². The van der Waals surface area contributed by atoms with Crippen molar-refractivity contribution in [3.8, 4) is 0 Å². The lowest BCUT2D eigenvalue weighted by Crippen LogP contribution is -2.41. The minimum absolute atomic E-state index is 0.212. The summed E-state index contributed by atoms with van der Waals surface area (Å²) in [7, 11) is 0. The number of pyridine rings is 1. The molecule has 0 atom stereocenters. The molecule has 124 valence electrons. The molecule has 1 aromatic rings. The molecule has 0 spiro atoms. The van der Waals surface area contributed by atoms with E-state index in [1.807, 2.05) is 20.8 Å². The number of carbonyl (C=O) groups excluding carboxylic acids is 3. The maximum atomic E-state index is 12.2. The van der Waals surface area contributed by atoms with E-state index in [2.05, 4.69) is 15.6 Å². The zero-order valence-corrected chi connectivity index (χ0v) is 13.7. The van der Waals surface area contributed by atoms with Gasteiger partial charge in [-0.25, -0.2) is 0 Å². The van der Waals surface area contributed by atoms with Gasteiger partial charge < -0.3 is 15.5 Å². The molecule has 7 heteroatoms. The van der Waals surface area contributed by atoms with Gasteiger partial charge >= 0.3 is 11.8 Å². The van der Waals surface area contributed by atoms with Crippen molar-refractivity contribution in [2.75, 3.05) is 25.0 Å². The first-order valence-electron chi connectivity index (χ1n) is 7.79. The van der Waals surface area contributed by atoms with E-state index in [0.717, 1.165) is 0 Å². The SMILES string of the molecule is CCN(CC(C)C)C(=O)C(=O)Nc1cnc2c(c1)C(=O)NCC2. The molecular weight excluding hydrogens is 296 g/mol. The van der Waals surface area contributed by atoms with Gasteiger partial charge in [-0.15, -0.1) is 0 Å². The predicted molar refractivity (Wildman–Crippen MR) is 86.0 cm³/mol. The molecule has 0 aliphatic carbocycles. The normalized spacial score (nSPS) is 13.3. The lowest BCUT2D eigenvalue weighted by molar-refractivity contribution is -0.143. The van der Waals surface area contributed by atoms with Crippen LogP contribution in [0.2, 0.25) is 0 Å². The highest BCUT2D eigenvalue weighted by molar-refractivity contribution is 6.39. The first kappa shape index (κ1) is 16.9.